The third-order valence-electron chi connectivity index (χ3n) is 6.18. The highest BCUT2D eigenvalue weighted by Crippen LogP contribution is 2.31. The maximum Gasteiger partial charge on any atom is 0.223 e. The lowest BCUT2D eigenvalue weighted by molar-refractivity contribution is -0.130. The number of piperidine rings is 1. The zero-order valence-corrected chi connectivity index (χ0v) is 17.0. The fraction of sp³-hybridized carbons (Fsp3) is 0.522. The SMILES string of the molecule is CC(=O)N1CCCC(c2cccc(-c3nc(NC4CCCCC4)ncc3F)c2)C1. The van der Waals surface area contributed by atoms with E-state index in [0.717, 1.165) is 49.9 Å². The van der Waals surface area contributed by atoms with E-state index in [9.17, 15) is 9.18 Å². The summed E-state index contributed by atoms with van der Waals surface area (Å²) < 4.78 is 14.6. The number of carbonyl (C=O) groups is 1. The summed E-state index contributed by atoms with van der Waals surface area (Å²) >= 11 is 0. The highest BCUT2D eigenvalue weighted by molar-refractivity contribution is 5.73. The molecule has 1 amide bonds. The first kappa shape index (κ1) is 19.8. The van der Waals surface area contributed by atoms with Crippen LogP contribution in [-0.4, -0.2) is 39.9 Å². The standard InChI is InChI=1S/C23H29FN4O/c1-16(29)28-12-6-9-19(15-28)17-7-5-8-18(13-17)22-21(24)14-25-23(27-22)26-20-10-3-2-4-11-20/h5,7-8,13-14,19-20H,2-4,6,9-12,15H2,1H3,(H,25,26,27). The van der Waals surface area contributed by atoms with Crippen LogP contribution in [0.1, 0.15) is 63.4 Å². The normalized spacial score (nSPS) is 20.5. The van der Waals surface area contributed by atoms with Crippen LogP contribution in [0, 0.1) is 5.82 Å². The van der Waals surface area contributed by atoms with Crippen molar-refractivity contribution < 1.29 is 9.18 Å². The van der Waals surface area contributed by atoms with Crippen LogP contribution in [-0.2, 0) is 4.79 Å². The molecular formula is C23H29FN4O. The van der Waals surface area contributed by atoms with Crippen LogP contribution in [0.25, 0.3) is 11.3 Å². The van der Waals surface area contributed by atoms with Crippen molar-refractivity contribution >= 4 is 11.9 Å². The van der Waals surface area contributed by atoms with Gasteiger partial charge in [-0.15, -0.1) is 0 Å². The van der Waals surface area contributed by atoms with E-state index in [-0.39, 0.29) is 11.8 Å². The second kappa shape index (κ2) is 8.89. The first-order valence-electron chi connectivity index (χ1n) is 10.7. The molecule has 0 radical (unpaired) electrons. The molecule has 4 rings (SSSR count). The smallest absolute Gasteiger partial charge is 0.223 e. The first-order chi connectivity index (χ1) is 14.1. The van der Waals surface area contributed by atoms with Crippen molar-refractivity contribution in [3.05, 3.63) is 41.8 Å². The van der Waals surface area contributed by atoms with Crippen LogP contribution in [0.3, 0.4) is 0 Å². The molecule has 1 saturated carbocycles. The summed E-state index contributed by atoms with van der Waals surface area (Å²) in [7, 11) is 0. The molecule has 1 aromatic carbocycles. The van der Waals surface area contributed by atoms with Gasteiger partial charge in [0.25, 0.3) is 0 Å². The molecular weight excluding hydrogens is 367 g/mol. The van der Waals surface area contributed by atoms with Crippen molar-refractivity contribution in [2.24, 2.45) is 0 Å². The maximum absolute atomic E-state index is 14.6. The van der Waals surface area contributed by atoms with Gasteiger partial charge in [-0.2, -0.15) is 0 Å². The molecule has 1 aliphatic carbocycles. The number of anilines is 1. The van der Waals surface area contributed by atoms with Gasteiger partial charge in [-0.1, -0.05) is 37.5 Å². The second-order valence-corrected chi connectivity index (χ2v) is 8.30. The Kier molecular flexibility index (Phi) is 6.07. The average molecular weight is 397 g/mol. The Morgan fingerprint density at radius 2 is 2.00 bits per heavy atom. The number of amides is 1. The monoisotopic (exact) mass is 396 g/mol. The summed E-state index contributed by atoms with van der Waals surface area (Å²) in [6, 6.07) is 8.30. The maximum atomic E-state index is 14.6. The largest absolute Gasteiger partial charge is 0.351 e. The molecule has 1 N–H and O–H groups in total. The quantitative estimate of drug-likeness (QED) is 0.810. The van der Waals surface area contributed by atoms with E-state index in [1.54, 1.807) is 6.92 Å². The van der Waals surface area contributed by atoms with Gasteiger partial charge in [0.1, 0.15) is 5.69 Å². The van der Waals surface area contributed by atoms with E-state index >= 15 is 0 Å². The topological polar surface area (TPSA) is 58.1 Å². The molecule has 1 atom stereocenters. The van der Waals surface area contributed by atoms with Crippen LogP contribution in [0.2, 0.25) is 0 Å². The first-order valence-corrected chi connectivity index (χ1v) is 10.7. The summed E-state index contributed by atoms with van der Waals surface area (Å²) in [4.78, 5) is 22.3. The van der Waals surface area contributed by atoms with E-state index in [1.165, 1.54) is 25.5 Å². The second-order valence-electron chi connectivity index (χ2n) is 8.30. The van der Waals surface area contributed by atoms with Gasteiger partial charge in [0, 0.05) is 37.5 Å². The van der Waals surface area contributed by atoms with Crippen molar-refractivity contribution in [1.29, 1.82) is 0 Å². The third-order valence-corrected chi connectivity index (χ3v) is 6.18. The van der Waals surface area contributed by atoms with Crippen LogP contribution >= 0.6 is 0 Å². The fourth-order valence-corrected chi connectivity index (χ4v) is 4.54. The molecule has 2 aliphatic rings. The lowest BCUT2D eigenvalue weighted by Gasteiger charge is -2.32. The molecule has 5 nitrogen and oxygen atoms in total. The minimum Gasteiger partial charge on any atom is -0.351 e. The molecule has 6 heteroatoms. The minimum absolute atomic E-state index is 0.117. The van der Waals surface area contributed by atoms with Crippen LogP contribution in [0.4, 0.5) is 10.3 Å². The predicted molar refractivity (Wildman–Crippen MR) is 112 cm³/mol. The molecule has 2 fully saturated rings. The van der Waals surface area contributed by atoms with Gasteiger partial charge in [0.2, 0.25) is 11.9 Å². The highest BCUT2D eigenvalue weighted by atomic mass is 19.1. The number of carbonyl (C=O) groups excluding carboxylic acids is 1. The number of hydrogen-bond donors (Lipinski definition) is 1. The number of rotatable bonds is 4. The Hall–Kier alpha value is -2.50. The molecule has 1 aliphatic heterocycles. The van der Waals surface area contributed by atoms with Gasteiger partial charge in [-0.3, -0.25) is 4.79 Å². The Labute approximate surface area is 171 Å². The van der Waals surface area contributed by atoms with E-state index < -0.39 is 5.82 Å². The van der Waals surface area contributed by atoms with Gasteiger partial charge >= 0.3 is 0 Å². The predicted octanol–water partition coefficient (Wildman–Crippen LogP) is 4.75. The van der Waals surface area contributed by atoms with E-state index in [1.807, 2.05) is 23.1 Å². The Morgan fingerprint density at radius 3 is 2.79 bits per heavy atom. The third kappa shape index (κ3) is 4.74. The lowest BCUT2D eigenvalue weighted by Crippen LogP contribution is -2.37. The number of likely N-dealkylation sites (tertiary alicyclic amines) is 1. The summed E-state index contributed by atoms with van der Waals surface area (Å²) in [5.74, 6) is 0.480. The van der Waals surface area contributed by atoms with Crippen molar-refractivity contribution in [3.63, 3.8) is 0 Å². The number of benzene rings is 1. The molecule has 1 saturated heterocycles. The van der Waals surface area contributed by atoms with Crippen LogP contribution in [0.15, 0.2) is 30.5 Å². The molecule has 154 valence electrons. The molecule has 1 aromatic heterocycles. The average Bonchev–Trinajstić information content (AvgIpc) is 2.76. The van der Waals surface area contributed by atoms with E-state index in [4.69, 9.17) is 0 Å². The molecule has 2 heterocycles. The van der Waals surface area contributed by atoms with Gasteiger partial charge in [-0.25, -0.2) is 14.4 Å². The number of nitrogens with zero attached hydrogens (tertiary/aromatic N) is 3. The Balaban J connectivity index is 1.55. The van der Waals surface area contributed by atoms with Crippen molar-refractivity contribution in [2.75, 3.05) is 18.4 Å². The summed E-state index contributed by atoms with van der Waals surface area (Å²) in [6.07, 6.45) is 9.22. The van der Waals surface area contributed by atoms with E-state index in [2.05, 4.69) is 21.4 Å². The minimum atomic E-state index is -0.412. The molecule has 2 aromatic rings. The number of nitrogens with one attached hydrogen (secondary N) is 1. The van der Waals surface area contributed by atoms with Gasteiger partial charge in [-0.05, 0) is 37.3 Å². The van der Waals surface area contributed by atoms with Crippen molar-refractivity contribution in [3.8, 4) is 11.3 Å². The van der Waals surface area contributed by atoms with Gasteiger partial charge in [0.15, 0.2) is 5.82 Å². The Bertz CT molecular complexity index is 866. The number of aromatic nitrogens is 2. The molecule has 0 bridgehead atoms. The molecule has 0 spiro atoms. The summed E-state index contributed by atoms with van der Waals surface area (Å²) in [5.41, 5.74) is 2.22. The summed E-state index contributed by atoms with van der Waals surface area (Å²) in [5, 5.41) is 3.38. The van der Waals surface area contributed by atoms with Crippen LogP contribution < -0.4 is 5.32 Å². The Morgan fingerprint density at radius 1 is 1.17 bits per heavy atom. The molecule has 1 unspecified atom stereocenters. The van der Waals surface area contributed by atoms with Crippen LogP contribution in [0.5, 0.6) is 0 Å². The van der Waals surface area contributed by atoms with Gasteiger partial charge < -0.3 is 10.2 Å². The fourth-order valence-electron chi connectivity index (χ4n) is 4.54. The highest BCUT2D eigenvalue weighted by Gasteiger charge is 2.23. The zero-order chi connectivity index (χ0) is 20.2. The number of halogens is 1. The summed E-state index contributed by atoms with van der Waals surface area (Å²) in [6.45, 7) is 3.16. The van der Waals surface area contributed by atoms with Gasteiger partial charge in [0.05, 0.1) is 6.20 Å². The molecule has 29 heavy (non-hydrogen) atoms. The lowest BCUT2D eigenvalue weighted by atomic mass is 9.89. The van der Waals surface area contributed by atoms with Crippen molar-refractivity contribution in [2.45, 2.75) is 63.8 Å². The zero-order valence-electron chi connectivity index (χ0n) is 17.0. The number of hydrogen-bond acceptors (Lipinski definition) is 4. The van der Waals surface area contributed by atoms with Crippen molar-refractivity contribution in [1.82, 2.24) is 14.9 Å². The van der Waals surface area contributed by atoms with E-state index in [0.29, 0.717) is 17.7 Å².